The van der Waals surface area contributed by atoms with E-state index >= 15 is 0 Å². The van der Waals surface area contributed by atoms with Crippen molar-refractivity contribution in [2.24, 2.45) is 0 Å². The summed E-state index contributed by atoms with van der Waals surface area (Å²) in [7, 11) is 0. The summed E-state index contributed by atoms with van der Waals surface area (Å²) >= 11 is 0. The van der Waals surface area contributed by atoms with Gasteiger partial charge >= 0.3 is 0 Å². The average Bonchev–Trinajstić information content (AvgIpc) is 2.71. The van der Waals surface area contributed by atoms with Gasteiger partial charge in [0.1, 0.15) is 5.82 Å². The van der Waals surface area contributed by atoms with Crippen molar-refractivity contribution < 1.29 is 0 Å². The van der Waals surface area contributed by atoms with E-state index in [9.17, 15) is 0 Å². The van der Waals surface area contributed by atoms with Gasteiger partial charge in [0.2, 0.25) is 0 Å². The minimum atomic E-state index is 0.517. The molecule has 3 nitrogen and oxygen atoms in total. The molecule has 3 heteroatoms. The van der Waals surface area contributed by atoms with Crippen LogP contribution in [0.25, 0.3) is 0 Å². The summed E-state index contributed by atoms with van der Waals surface area (Å²) in [4.78, 5) is 8.82. The van der Waals surface area contributed by atoms with Crippen LogP contribution in [0.15, 0.2) is 12.4 Å². The number of nitrogens with one attached hydrogen (secondary N) is 1. The standard InChI is InChI=1S/C12H19N3/c1-9(2)10-7-14-12(15-8-10)6-11-4-3-5-13-11/h7-9,11,13H,3-6H2,1-2H3. The molecule has 1 N–H and O–H groups in total. The molecule has 2 rings (SSSR count). The number of rotatable bonds is 3. The van der Waals surface area contributed by atoms with Crippen LogP contribution in [-0.2, 0) is 6.42 Å². The molecule has 0 spiro atoms. The zero-order chi connectivity index (χ0) is 10.7. The first-order valence-corrected chi connectivity index (χ1v) is 5.80. The Kier molecular flexibility index (Phi) is 3.31. The maximum Gasteiger partial charge on any atom is 0.129 e. The second-order valence-electron chi connectivity index (χ2n) is 4.58. The lowest BCUT2D eigenvalue weighted by atomic mass is 10.1. The monoisotopic (exact) mass is 205 g/mol. The first kappa shape index (κ1) is 10.6. The van der Waals surface area contributed by atoms with Gasteiger partial charge in [-0.15, -0.1) is 0 Å². The molecule has 2 heterocycles. The van der Waals surface area contributed by atoms with Gasteiger partial charge in [-0.3, -0.25) is 0 Å². The summed E-state index contributed by atoms with van der Waals surface area (Å²) in [5.74, 6) is 1.49. The number of hydrogen-bond acceptors (Lipinski definition) is 3. The van der Waals surface area contributed by atoms with Crippen LogP contribution in [0, 0.1) is 0 Å². The van der Waals surface area contributed by atoms with Crippen molar-refractivity contribution in [3.63, 3.8) is 0 Å². The van der Waals surface area contributed by atoms with Crippen LogP contribution in [0.4, 0.5) is 0 Å². The molecule has 1 saturated heterocycles. The van der Waals surface area contributed by atoms with Crippen molar-refractivity contribution in [3.8, 4) is 0 Å². The van der Waals surface area contributed by atoms with E-state index in [-0.39, 0.29) is 0 Å². The number of hydrogen-bond donors (Lipinski definition) is 1. The molecule has 82 valence electrons. The lowest BCUT2D eigenvalue weighted by Crippen LogP contribution is -2.24. The lowest BCUT2D eigenvalue weighted by Gasteiger charge is -2.09. The zero-order valence-corrected chi connectivity index (χ0v) is 9.53. The fourth-order valence-electron chi connectivity index (χ4n) is 1.92. The molecule has 1 aromatic heterocycles. The highest BCUT2D eigenvalue weighted by Crippen LogP contribution is 2.13. The Hall–Kier alpha value is -0.960. The van der Waals surface area contributed by atoms with E-state index in [0.717, 1.165) is 18.8 Å². The highest BCUT2D eigenvalue weighted by molar-refractivity contribution is 5.10. The van der Waals surface area contributed by atoms with Crippen molar-refractivity contribution in [1.82, 2.24) is 15.3 Å². The Morgan fingerprint density at radius 1 is 1.40 bits per heavy atom. The molecule has 15 heavy (non-hydrogen) atoms. The second kappa shape index (κ2) is 4.71. The summed E-state index contributed by atoms with van der Waals surface area (Å²) in [6.07, 6.45) is 7.44. The molecule has 1 aliphatic rings. The molecule has 1 unspecified atom stereocenters. The molecule has 1 atom stereocenters. The van der Waals surface area contributed by atoms with Crippen LogP contribution in [0.2, 0.25) is 0 Å². The topological polar surface area (TPSA) is 37.8 Å². The molecular formula is C12H19N3. The summed E-state index contributed by atoms with van der Waals surface area (Å²) in [6.45, 7) is 5.47. The predicted molar refractivity (Wildman–Crippen MR) is 60.8 cm³/mol. The van der Waals surface area contributed by atoms with E-state index in [1.165, 1.54) is 18.4 Å². The van der Waals surface area contributed by atoms with E-state index in [1.54, 1.807) is 0 Å². The molecular weight excluding hydrogens is 186 g/mol. The van der Waals surface area contributed by atoms with Crippen LogP contribution in [0.5, 0.6) is 0 Å². The molecule has 1 aliphatic heterocycles. The van der Waals surface area contributed by atoms with Crippen molar-refractivity contribution in [2.45, 2.75) is 45.1 Å². The van der Waals surface area contributed by atoms with Crippen molar-refractivity contribution in [3.05, 3.63) is 23.8 Å². The Balaban J connectivity index is 1.97. The van der Waals surface area contributed by atoms with Gasteiger partial charge in [-0.2, -0.15) is 0 Å². The quantitative estimate of drug-likeness (QED) is 0.819. The smallest absolute Gasteiger partial charge is 0.129 e. The Morgan fingerprint density at radius 3 is 2.67 bits per heavy atom. The van der Waals surface area contributed by atoms with Crippen LogP contribution in [0.1, 0.15) is 44.0 Å². The summed E-state index contributed by atoms with van der Waals surface area (Å²) in [5.41, 5.74) is 1.22. The highest BCUT2D eigenvalue weighted by Gasteiger charge is 2.15. The van der Waals surface area contributed by atoms with Gasteiger partial charge in [0.15, 0.2) is 0 Å². The average molecular weight is 205 g/mol. The first-order chi connectivity index (χ1) is 7.25. The van der Waals surface area contributed by atoms with E-state index in [2.05, 4.69) is 29.1 Å². The van der Waals surface area contributed by atoms with Gasteiger partial charge < -0.3 is 5.32 Å². The number of nitrogens with zero attached hydrogens (tertiary/aromatic N) is 2. The second-order valence-corrected chi connectivity index (χ2v) is 4.58. The highest BCUT2D eigenvalue weighted by atomic mass is 15.0. The van der Waals surface area contributed by atoms with Crippen LogP contribution in [0.3, 0.4) is 0 Å². The van der Waals surface area contributed by atoms with Gasteiger partial charge in [-0.25, -0.2) is 9.97 Å². The molecule has 0 radical (unpaired) electrons. The molecule has 0 aromatic carbocycles. The third-order valence-electron chi connectivity index (χ3n) is 2.98. The van der Waals surface area contributed by atoms with E-state index in [1.807, 2.05) is 12.4 Å². The van der Waals surface area contributed by atoms with Gasteiger partial charge in [-0.05, 0) is 30.9 Å². The van der Waals surface area contributed by atoms with Gasteiger partial charge in [-0.1, -0.05) is 13.8 Å². The molecule has 0 saturated carbocycles. The number of aromatic nitrogens is 2. The largest absolute Gasteiger partial charge is 0.314 e. The predicted octanol–water partition coefficient (Wildman–Crippen LogP) is 1.89. The summed E-state index contributed by atoms with van der Waals surface area (Å²) < 4.78 is 0. The maximum atomic E-state index is 4.41. The minimum absolute atomic E-state index is 0.517. The summed E-state index contributed by atoms with van der Waals surface area (Å²) in [5, 5.41) is 3.46. The van der Waals surface area contributed by atoms with Gasteiger partial charge in [0, 0.05) is 24.9 Å². The van der Waals surface area contributed by atoms with Gasteiger partial charge in [0.05, 0.1) is 0 Å². The van der Waals surface area contributed by atoms with E-state index < -0.39 is 0 Å². The van der Waals surface area contributed by atoms with Crippen molar-refractivity contribution >= 4 is 0 Å². The van der Waals surface area contributed by atoms with E-state index in [4.69, 9.17) is 0 Å². The zero-order valence-electron chi connectivity index (χ0n) is 9.53. The minimum Gasteiger partial charge on any atom is -0.314 e. The van der Waals surface area contributed by atoms with Crippen LogP contribution < -0.4 is 5.32 Å². The maximum absolute atomic E-state index is 4.41. The normalized spacial score (nSPS) is 21.1. The van der Waals surface area contributed by atoms with Crippen molar-refractivity contribution in [2.75, 3.05) is 6.54 Å². The molecule has 0 amide bonds. The summed E-state index contributed by atoms with van der Waals surface area (Å²) in [6, 6.07) is 0.592. The SMILES string of the molecule is CC(C)c1cnc(CC2CCCN2)nc1. The third-order valence-corrected chi connectivity index (χ3v) is 2.98. The Labute approximate surface area is 91.3 Å². The van der Waals surface area contributed by atoms with Crippen LogP contribution >= 0.6 is 0 Å². The molecule has 1 aromatic rings. The molecule has 1 fully saturated rings. The molecule has 0 aliphatic carbocycles. The fraction of sp³-hybridized carbons (Fsp3) is 0.667. The fourth-order valence-corrected chi connectivity index (χ4v) is 1.92. The van der Waals surface area contributed by atoms with Crippen molar-refractivity contribution in [1.29, 1.82) is 0 Å². The van der Waals surface area contributed by atoms with Crippen LogP contribution in [-0.4, -0.2) is 22.6 Å². The first-order valence-electron chi connectivity index (χ1n) is 5.80. The molecule has 0 bridgehead atoms. The van der Waals surface area contributed by atoms with Gasteiger partial charge in [0.25, 0.3) is 0 Å². The lowest BCUT2D eigenvalue weighted by molar-refractivity contribution is 0.584. The Morgan fingerprint density at radius 2 is 2.13 bits per heavy atom. The van der Waals surface area contributed by atoms with E-state index in [0.29, 0.717) is 12.0 Å². The third kappa shape index (κ3) is 2.75. The Bertz CT molecular complexity index is 299.